The zero-order valence-corrected chi connectivity index (χ0v) is 15.3. The van der Waals surface area contributed by atoms with Crippen molar-refractivity contribution >= 4 is 33.1 Å². The molecule has 6 nitrogen and oxygen atoms in total. The number of rotatable bonds is 6. The van der Waals surface area contributed by atoms with Crippen molar-refractivity contribution in [3.8, 4) is 0 Å². The lowest BCUT2D eigenvalue weighted by Crippen LogP contribution is -2.30. The minimum atomic E-state index is -4.06. The summed E-state index contributed by atoms with van der Waals surface area (Å²) in [6.07, 6.45) is 1.64. The molecular formula is C16H18N2O4S2. The van der Waals surface area contributed by atoms with Gasteiger partial charge >= 0.3 is 0 Å². The van der Waals surface area contributed by atoms with Gasteiger partial charge in [-0.2, -0.15) is 0 Å². The largest absolute Gasteiger partial charge is 0.295 e. The van der Waals surface area contributed by atoms with Gasteiger partial charge < -0.3 is 0 Å². The smallest absolute Gasteiger partial charge is 0.276 e. The van der Waals surface area contributed by atoms with Crippen LogP contribution in [0.1, 0.15) is 51.0 Å². The molecule has 1 heterocycles. The molecule has 0 unspecified atom stereocenters. The third-order valence-corrected chi connectivity index (χ3v) is 5.83. The summed E-state index contributed by atoms with van der Waals surface area (Å²) >= 11 is 1.19. The van der Waals surface area contributed by atoms with Crippen LogP contribution in [0.5, 0.6) is 0 Å². The van der Waals surface area contributed by atoms with E-state index in [-0.39, 0.29) is 21.1 Å². The van der Waals surface area contributed by atoms with E-state index in [1.54, 1.807) is 6.92 Å². The standard InChI is InChI=1S/C16H18N2O4S2/c1-4-6-14-17-10(2)15(23-14)16(20)18-24(21,22)13-8-5-7-12(9-13)11(3)19/h5,7-9H,4,6H2,1-3H3,(H,18,20). The van der Waals surface area contributed by atoms with Gasteiger partial charge in [0.15, 0.2) is 5.78 Å². The van der Waals surface area contributed by atoms with Crippen LogP contribution in [0.25, 0.3) is 0 Å². The molecule has 24 heavy (non-hydrogen) atoms. The highest BCUT2D eigenvalue weighted by molar-refractivity contribution is 7.90. The van der Waals surface area contributed by atoms with Gasteiger partial charge in [-0.3, -0.25) is 9.59 Å². The Morgan fingerprint density at radius 3 is 2.62 bits per heavy atom. The Morgan fingerprint density at radius 2 is 2.00 bits per heavy atom. The number of thiazole rings is 1. The maximum atomic E-state index is 12.4. The van der Waals surface area contributed by atoms with Gasteiger partial charge in [0.1, 0.15) is 4.88 Å². The first-order valence-electron chi connectivity index (χ1n) is 7.39. The molecule has 0 aliphatic carbocycles. The van der Waals surface area contributed by atoms with Crippen LogP contribution in [-0.4, -0.2) is 25.1 Å². The molecule has 0 bridgehead atoms. The number of Topliss-reactive ketones (excluding diaryl/α,β-unsaturated/α-hetero) is 1. The van der Waals surface area contributed by atoms with Crippen molar-refractivity contribution in [2.24, 2.45) is 0 Å². The van der Waals surface area contributed by atoms with Crippen molar-refractivity contribution in [2.45, 2.75) is 38.5 Å². The number of hydrogen-bond donors (Lipinski definition) is 1. The Morgan fingerprint density at radius 1 is 1.29 bits per heavy atom. The molecule has 1 N–H and O–H groups in total. The Bertz CT molecular complexity index is 885. The Balaban J connectivity index is 2.27. The number of nitrogens with one attached hydrogen (secondary N) is 1. The van der Waals surface area contributed by atoms with E-state index < -0.39 is 15.9 Å². The summed E-state index contributed by atoms with van der Waals surface area (Å²) in [4.78, 5) is 28.1. The molecule has 0 aliphatic rings. The first kappa shape index (κ1) is 18.3. The third-order valence-electron chi connectivity index (χ3n) is 3.29. The monoisotopic (exact) mass is 366 g/mol. The Kier molecular flexibility index (Phi) is 5.51. The summed E-state index contributed by atoms with van der Waals surface area (Å²) in [5.41, 5.74) is 0.776. The zero-order valence-electron chi connectivity index (χ0n) is 13.6. The van der Waals surface area contributed by atoms with Crippen molar-refractivity contribution in [1.29, 1.82) is 0 Å². The normalized spacial score (nSPS) is 11.3. The average molecular weight is 366 g/mol. The van der Waals surface area contributed by atoms with Crippen LogP contribution < -0.4 is 4.72 Å². The van der Waals surface area contributed by atoms with Crippen LogP contribution in [0.15, 0.2) is 29.2 Å². The second-order valence-electron chi connectivity index (χ2n) is 5.29. The summed E-state index contributed by atoms with van der Waals surface area (Å²) < 4.78 is 26.8. The minimum Gasteiger partial charge on any atom is -0.295 e. The van der Waals surface area contributed by atoms with Crippen LogP contribution in [-0.2, 0) is 16.4 Å². The molecule has 0 saturated heterocycles. The molecule has 128 valence electrons. The number of aromatic nitrogens is 1. The molecule has 0 aliphatic heterocycles. The molecule has 8 heteroatoms. The van der Waals surface area contributed by atoms with E-state index >= 15 is 0 Å². The van der Waals surface area contributed by atoms with Crippen molar-refractivity contribution in [2.75, 3.05) is 0 Å². The van der Waals surface area contributed by atoms with Crippen LogP contribution in [0.2, 0.25) is 0 Å². The van der Waals surface area contributed by atoms with E-state index in [1.807, 2.05) is 11.6 Å². The predicted molar refractivity (Wildman–Crippen MR) is 91.9 cm³/mol. The summed E-state index contributed by atoms with van der Waals surface area (Å²) in [6.45, 7) is 5.02. The molecule has 1 aromatic carbocycles. The molecule has 0 fully saturated rings. The van der Waals surface area contributed by atoms with Gasteiger partial charge in [-0.05, 0) is 38.8 Å². The maximum absolute atomic E-state index is 12.4. The first-order chi connectivity index (χ1) is 11.2. The highest BCUT2D eigenvalue weighted by Gasteiger charge is 2.22. The van der Waals surface area contributed by atoms with Crippen molar-refractivity contribution in [3.05, 3.63) is 45.4 Å². The summed E-state index contributed by atoms with van der Waals surface area (Å²) in [5, 5.41) is 0.802. The van der Waals surface area contributed by atoms with Gasteiger partial charge in [0.2, 0.25) is 0 Å². The van der Waals surface area contributed by atoms with E-state index in [2.05, 4.69) is 4.98 Å². The Labute approximate surface area is 145 Å². The molecular weight excluding hydrogens is 348 g/mol. The topological polar surface area (TPSA) is 93.2 Å². The van der Waals surface area contributed by atoms with E-state index in [0.29, 0.717) is 5.69 Å². The molecule has 1 amide bonds. The van der Waals surface area contributed by atoms with Gasteiger partial charge in [-0.15, -0.1) is 11.3 Å². The number of amides is 1. The quantitative estimate of drug-likeness (QED) is 0.794. The lowest BCUT2D eigenvalue weighted by molar-refractivity contribution is 0.0982. The van der Waals surface area contributed by atoms with Crippen LogP contribution >= 0.6 is 11.3 Å². The molecule has 0 atom stereocenters. The average Bonchev–Trinajstić information content (AvgIpc) is 2.88. The zero-order chi connectivity index (χ0) is 17.9. The number of hydrogen-bond acceptors (Lipinski definition) is 6. The van der Waals surface area contributed by atoms with E-state index in [9.17, 15) is 18.0 Å². The molecule has 0 radical (unpaired) electrons. The second kappa shape index (κ2) is 7.23. The van der Waals surface area contributed by atoms with Crippen molar-refractivity contribution in [1.82, 2.24) is 9.71 Å². The number of benzene rings is 1. The second-order valence-corrected chi connectivity index (χ2v) is 8.06. The fourth-order valence-electron chi connectivity index (χ4n) is 2.09. The van der Waals surface area contributed by atoms with E-state index in [1.165, 1.54) is 42.5 Å². The molecule has 1 aromatic heterocycles. The van der Waals surface area contributed by atoms with E-state index in [4.69, 9.17) is 0 Å². The fraction of sp³-hybridized carbons (Fsp3) is 0.312. The predicted octanol–water partition coefficient (Wildman–Crippen LogP) is 2.73. The SMILES string of the molecule is CCCc1nc(C)c(C(=O)NS(=O)(=O)c2cccc(C(C)=O)c2)s1. The van der Waals surface area contributed by atoms with Gasteiger partial charge in [0, 0.05) is 5.56 Å². The van der Waals surface area contributed by atoms with Gasteiger partial charge in [-0.1, -0.05) is 19.1 Å². The van der Waals surface area contributed by atoms with Crippen LogP contribution in [0, 0.1) is 6.92 Å². The molecule has 0 spiro atoms. The first-order valence-corrected chi connectivity index (χ1v) is 9.69. The molecule has 0 saturated carbocycles. The lowest BCUT2D eigenvalue weighted by atomic mass is 10.2. The number of aryl methyl sites for hydroxylation is 2. The highest BCUT2D eigenvalue weighted by atomic mass is 32.2. The number of ketones is 1. The number of sulfonamides is 1. The number of nitrogens with zero attached hydrogens (tertiary/aromatic N) is 1. The number of carbonyl (C=O) groups excluding carboxylic acids is 2. The maximum Gasteiger partial charge on any atom is 0.276 e. The third kappa shape index (κ3) is 4.07. The highest BCUT2D eigenvalue weighted by Crippen LogP contribution is 2.20. The van der Waals surface area contributed by atoms with Gasteiger partial charge in [-0.25, -0.2) is 18.1 Å². The van der Waals surface area contributed by atoms with Gasteiger partial charge in [0.25, 0.3) is 15.9 Å². The summed E-state index contributed by atoms with van der Waals surface area (Å²) in [6, 6.07) is 5.57. The van der Waals surface area contributed by atoms with Crippen molar-refractivity contribution in [3.63, 3.8) is 0 Å². The van der Waals surface area contributed by atoms with E-state index in [0.717, 1.165) is 17.8 Å². The summed E-state index contributed by atoms with van der Waals surface area (Å²) in [5.74, 6) is -0.957. The fourth-order valence-corrected chi connectivity index (χ4v) is 4.22. The molecule has 2 aromatic rings. The van der Waals surface area contributed by atoms with Gasteiger partial charge in [0.05, 0.1) is 15.6 Å². The van der Waals surface area contributed by atoms with Crippen LogP contribution in [0.4, 0.5) is 0 Å². The Hall–Kier alpha value is -2.06. The van der Waals surface area contributed by atoms with Crippen LogP contribution in [0.3, 0.4) is 0 Å². The summed E-state index contributed by atoms with van der Waals surface area (Å²) in [7, 11) is -4.06. The van der Waals surface area contributed by atoms with Crippen molar-refractivity contribution < 1.29 is 18.0 Å². The molecule has 2 rings (SSSR count). The minimum absolute atomic E-state index is 0.125. The lowest BCUT2D eigenvalue weighted by Gasteiger charge is -2.07. The number of carbonyl (C=O) groups is 2.